The lowest BCUT2D eigenvalue weighted by molar-refractivity contribution is 0.132. The zero-order valence-electron chi connectivity index (χ0n) is 11.2. The number of nitrogens with two attached hydrogens (primary N) is 1. The van der Waals surface area contributed by atoms with Crippen molar-refractivity contribution in [1.82, 2.24) is 0 Å². The average Bonchev–Trinajstić information content (AvgIpc) is 2.14. The summed E-state index contributed by atoms with van der Waals surface area (Å²) in [5, 5.41) is 13.2. The van der Waals surface area contributed by atoms with Crippen molar-refractivity contribution in [2.24, 2.45) is 5.41 Å². The summed E-state index contributed by atoms with van der Waals surface area (Å²) in [7, 11) is 0. The van der Waals surface area contributed by atoms with Crippen LogP contribution in [0.1, 0.15) is 32.8 Å². The molecule has 0 fully saturated rings. The maximum atomic E-state index is 9.92. The molecule has 96 valence electrons. The van der Waals surface area contributed by atoms with Crippen LogP contribution in [0.4, 0.5) is 11.4 Å². The third-order valence-electron chi connectivity index (χ3n) is 2.67. The first kappa shape index (κ1) is 13.8. The predicted molar refractivity (Wildman–Crippen MR) is 74.2 cm³/mol. The lowest BCUT2D eigenvalue weighted by atomic mass is 9.89. The van der Waals surface area contributed by atoms with E-state index in [-0.39, 0.29) is 11.5 Å². The summed E-state index contributed by atoms with van der Waals surface area (Å²) in [4.78, 5) is 0. The number of hydrogen-bond donors (Lipinski definition) is 3. The van der Waals surface area contributed by atoms with Crippen molar-refractivity contribution in [3.8, 4) is 0 Å². The van der Waals surface area contributed by atoms with Crippen molar-refractivity contribution < 1.29 is 5.11 Å². The highest BCUT2D eigenvalue weighted by atomic mass is 16.3. The fourth-order valence-corrected chi connectivity index (χ4v) is 1.93. The monoisotopic (exact) mass is 236 g/mol. The highest BCUT2D eigenvalue weighted by Gasteiger charge is 2.16. The Balaban J connectivity index is 2.56. The maximum absolute atomic E-state index is 9.92. The minimum Gasteiger partial charge on any atom is -0.397 e. The van der Waals surface area contributed by atoms with Crippen LogP contribution < -0.4 is 11.1 Å². The Kier molecular flexibility index (Phi) is 4.40. The number of hydrogen-bond acceptors (Lipinski definition) is 3. The number of benzene rings is 1. The van der Waals surface area contributed by atoms with Crippen LogP contribution in [-0.4, -0.2) is 17.8 Å². The van der Waals surface area contributed by atoms with Gasteiger partial charge in [-0.25, -0.2) is 0 Å². The fourth-order valence-electron chi connectivity index (χ4n) is 1.93. The van der Waals surface area contributed by atoms with Gasteiger partial charge in [0.2, 0.25) is 0 Å². The Morgan fingerprint density at radius 3 is 2.53 bits per heavy atom. The molecule has 0 amide bonds. The van der Waals surface area contributed by atoms with E-state index in [0.29, 0.717) is 6.54 Å². The molecule has 1 unspecified atom stereocenters. The van der Waals surface area contributed by atoms with Gasteiger partial charge in [0.15, 0.2) is 0 Å². The van der Waals surface area contributed by atoms with Gasteiger partial charge in [-0.15, -0.1) is 0 Å². The molecular formula is C14H24N2O. The number of nitrogen functional groups attached to an aromatic ring is 1. The topological polar surface area (TPSA) is 58.3 Å². The molecular weight excluding hydrogens is 212 g/mol. The lowest BCUT2D eigenvalue weighted by Crippen LogP contribution is -2.25. The molecule has 0 heterocycles. The molecule has 3 nitrogen and oxygen atoms in total. The van der Waals surface area contributed by atoms with Crippen molar-refractivity contribution in [3.05, 3.63) is 23.8 Å². The van der Waals surface area contributed by atoms with E-state index in [9.17, 15) is 5.11 Å². The quantitative estimate of drug-likeness (QED) is 0.705. The maximum Gasteiger partial charge on any atom is 0.0717 e. The highest BCUT2D eigenvalue weighted by Crippen LogP contribution is 2.24. The van der Waals surface area contributed by atoms with E-state index < -0.39 is 0 Å². The van der Waals surface area contributed by atoms with Crippen molar-refractivity contribution >= 4 is 11.4 Å². The van der Waals surface area contributed by atoms with E-state index in [0.717, 1.165) is 23.4 Å². The van der Waals surface area contributed by atoms with Crippen molar-refractivity contribution in [1.29, 1.82) is 0 Å². The van der Waals surface area contributed by atoms with Gasteiger partial charge in [0.05, 0.1) is 17.5 Å². The van der Waals surface area contributed by atoms with Crippen LogP contribution in [0.3, 0.4) is 0 Å². The molecule has 1 atom stereocenters. The van der Waals surface area contributed by atoms with Crippen LogP contribution in [0.5, 0.6) is 0 Å². The van der Waals surface area contributed by atoms with Gasteiger partial charge in [-0.05, 0) is 30.4 Å². The number of rotatable bonds is 4. The predicted octanol–water partition coefficient (Wildman–Crippen LogP) is 2.79. The summed E-state index contributed by atoms with van der Waals surface area (Å²) in [5.74, 6) is 0. The molecule has 0 radical (unpaired) electrons. The number of aliphatic hydroxyl groups excluding tert-OH is 1. The molecule has 0 saturated carbocycles. The van der Waals surface area contributed by atoms with Gasteiger partial charge in [0.25, 0.3) is 0 Å². The molecule has 0 aliphatic carbocycles. The van der Waals surface area contributed by atoms with Crippen molar-refractivity contribution in [2.45, 2.75) is 40.2 Å². The first-order valence-electron chi connectivity index (χ1n) is 6.06. The minimum absolute atomic E-state index is 0.137. The average molecular weight is 236 g/mol. The Morgan fingerprint density at radius 1 is 1.35 bits per heavy atom. The Hall–Kier alpha value is -1.22. The highest BCUT2D eigenvalue weighted by molar-refractivity contribution is 5.69. The van der Waals surface area contributed by atoms with Crippen LogP contribution >= 0.6 is 0 Å². The number of aryl methyl sites for hydroxylation is 1. The molecule has 4 N–H and O–H groups in total. The van der Waals surface area contributed by atoms with E-state index >= 15 is 0 Å². The normalized spacial score (nSPS) is 13.5. The molecule has 3 heteroatoms. The van der Waals surface area contributed by atoms with E-state index in [4.69, 9.17) is 5.73 Å². The molecule has 1 rings (SSSR count). The summed E-state index contributed by atoms with van der Waals surface area (Å²) in [6.45, 7) is 8.91. The summed E-state index contributed by atoms with van der Waals surface area (Å²) >= 11 is 0. The second-order valence-corrected chi connectivity index (χ2v) is 5.84. The molecule has 0 bridgehead atoms. The van der Waals surface area contributed by atoms with Crippen LogP contribution in [0, 0.1) is 12.3 Å². The number of nitrogens with one attached hydrogen (secondary N) is 1. The van der Waals surface area contributed by atoms with Crippen LogP contribution in [0.2, 0.25) is 0 Å². The lowest BCUT2D eigenvalue weighted by Gasteiger charge is -2.23. The molecule has 17 heavy (non-hydrogen) atoms. The smallest absolute Gasteiger partial charge is 0.0717 e. The SMILES string of the molecule is Cc1cccc(N)c1NCC(O)CC(C)(C)C. The first-order valence-corrected chi connectivity index (χ1v) is 6.06. The molecule has 1 aromatic rings. The molecule has 0 spiro atoms. The number of para-hydroxylation sites is 1. The van der Waals surface area contributed by atoms with Gasteiger partial charge >= 0.3 is 0 Å². The van der Waals surface area contributed by atoms with E-state index in [1.165, 1.54) is 0 Å². The zero-order valence-corrected chi connectivity index (χ0v) is 11.2. The molecule has 0 aliphatic heterocycles. The first-order chi connectivity index (χ1) is 7.79. The van der Waals surface area contributed by atoms with E-state index in [1.54, 1.807) is 0 Å². The Bertz CT molecular complexity index is 349. The fraction of sp³-hybridized carbons (Fsp3) is 0.571. The third-order valence-corrected chi connectivity index (χ3v) is 2.67. The number of aliphatic hydroxyl groups is 1. The summed E-state index contributed by atoms with van der Waals surface area (Å²) in [5.41, 5.74) is 8.79. The summed E-state index contributed by atoms with van der Waals surface area (Å²) < 4.78 is 0. The molecule has 0 saturated heterocycles. The standard InChI is InChI=1S/C14H24N2O/c1-10-6-5-7-12(15)13(10)16-9-11(17)8-14(2,3)4/h5-7,11,16-17H,8-9,15H2,1-4H3. The Morgan fingerprint density at radius 2 is 2.00 bits per heavy atom. The van der Waals surface area contributed by atoms with Crippen molar-refractivity contribution in [2.75, 3.05) is 17.6 Å². The van der Waals surface area contributed by atoms with Gasteiger partial charge in [0.1, 0.15) is 0 Å². The summed E-state index contributed by atoms with van der Waals surface area (Å²) in [6.07, 6.45) is 0.417. The van der Waals surface area contributed by atoms with Gasteiger partial charge in [-0.2, -0.15) is 0 Å². The summed E-state index contributed by atoms with van der Waals surface area (Å²) in [6, 6.07) is 5.81. The molecule has 0 aliphatic rings. The molecule has 0 aromatic heterocycles. The van der Waals surface area contributed by atoms with E-state index in [2.05, 4.69) is 26.1 Å². The second-order valence-electron chi connectivity index (χ2n) is 5.84. The Labute approximate surface area is 104 Å². The van der Waals surface area contributed by atoms with Gasteiger partial charge in [-0.3, -0.25) is 0 Å². The second kappa shape index (κ2) is 5.41. The van der Waals surface area contributed by atoms with Gasteiger partial charge in [-0.1, -0.05) is 32.9 Å². The third kappa shape index (κ3) is 4.65. The van der Waals surface area contributed by atoms with Crippen LogP contribution in [0.25, 0.3) is 0 Å². The largest absolute Gasteiger partial charge is 0.397 e. The van der Waals surface area contributed by atoms with Crippen LogP contribution in [0.15, 0.2) is 18.2 Å². The minimum atomic E-state index is -0.353. The van der Waals surface area contributed by atoms with Crippen molar-refractivity contribution in [3.63, 3.8) is 0 Å². The molecule has 1 aromatic carbocycles. The van der Waals surface area contributed by atoms with Gasteiger partial charge < -0.3 is 16.2 Å². The zero-order chi connectivity index (χ0) is 13.1. The van der Waals surface area contributed by atoms with Gasteiger partial charge in [0, 0.05) is 6.54 Å². The van der Waals surface area contributed by atoms with Crippen LogP contribution in [-0.2, 0) is 0 Å². The number of anilines is 2. The van der Waals surface area contributed by atoms with E-state index in [1.807, 2.05) is 25.1 Å².